The van der Waals surface area contributed by atoms with E-state index in [1.165, 1.54) is 24.3 Å². The maximum atomic E-state index is 12.8. The second-order valence-corrected chi connectivity index (χ2v) is 9.05. The fourth-order valence-corrected chi connectivity index (χ4v) is 5.45. The quantitative estimate of drug-likeness (QED) is 0.778. The summed E-state index contributed by atoms with van der Waals surface area (Å²) in [5, 5.41) is 8.77. The first-order valence-electron chi connectivity index (χ1n) is 6.67. The number of hydrogen-bond donors (Lipinski definition) is 1. The van der Waals surface area contributed by atoms with Gasteiger partial charge in [-0.05, 0) is 25.0 Å². The van der Waals surface area contributed by atoms with Gasteiger partial charge in [0.1, 0.15) is 4.90 Å². The molecule has 0 aliphatic heterocycles. The Labute approximate surface area is 129 Å². The minimum Gasteiger partial charge on any atom is -0.481 e. The van der Waals surface area contributed by atoms with Gasteiger partial charge in [0.15, 0.2) is 9.84 Å². The second-order valence-electron chi connectivity index (χ2n) is 5.21. The largest absolute Gasteiger partial charge is 0.481 e. The molecule has 1 saturated carbocycles. The Morgan fingerprint density at radius 3 is 2.18 bits per heavy atom. The third kappa shape index (κ3) is 3.65. The molecule has 0 unspecified atom stereocenters. The van der Waals surface area contributed by atoms with Crippen molar-refractivity contribution < 1.29 is 26.7 Å². The normalized spacial score (nSPS) is 15.9. The van der Waals surface area contributed by atoms with Crippen LogP contribution in [0.1, 0.15) is 19.3 Å². The number of sulfonamides is 1. The van der Waals surface area contributed by atoms with Crippen molar-refractivity contribution in [3.63, 3.8) is 0 Å². The van der Waals surface area contributed by atoms with Crippen LogP contribution in [0.15, 0.2) is 34.1 Å². The van der Waals surface area contributed by atoms with Crippen LogP contribution in [-0.2, 0) is 24.7 Å². The van der Waals surface area contributed by atoms with E-state index in [2.05, 4.69) is 0 Å². The minimum atomic E-state index is -4.06. The number of benzene rings is 1. The molecular formula is C13H17NO6S2. The van der Waals surface area contributed by atoms with E-state index >= 15 is 0 Å². The van der Waals surface area contributed by atoms with Crippen molar-refractivity contribution >= 4 is 25.8 Å². The molecule has 0 heterocycles. The standard InChI is InChI=1S/C13H17NO6S2/c1-21(17,18)11-4-2-3-5-12(11)22(19,20)14(10-6-7-10)9-8-13(15)16/h2-5,10H,6-9H2,1H3,(H,15,16). The molecule has 0 spiro atoms. The summed E-state index contributed by atoms with van der Waals surface area (Å²) in [4.78, 5) is 10.2. The van der Waals surface area contributed by atoms with E-state index in [0.29, 0.717) is 12.8 Å². The molecule has 1 aliphatic rings. The molecule has 0 atom stereocenters. The Hall–Kier alpha value is -1.45. The summed E-state index contributed by atoms with van der Waals surface area (Å²) in [5.41, 5.74) is 0. The maximum Gasteiger partial charge on any atom is 0.304 e. The average Bonchev–Trinajstić information content (AvgIpc) is 3.22. The summed E-state index contributed by atoms with van der Waals surface area (Å²) in [7, 11) is -7.77. The molecule has 1 N–H and O–H groups in total. The van der Waals surface area contributed by atoms with Gasteiger partial charge in [0.2, 0.25) is 10.0 Å². The lowest BCUT2D eigenvalue weighted by atomic mass is 10.4. The van der Waals surface area contributed by atoms with Crippen LogP contribution in [-0.4, -0.2) is 51.1 Å². The molecule has 7 nitrogen and oxygen atoms in total. The Bertz CT molecular complexity index is 781. The zero-order chi connectivity index (χ0) is 16.5. The van der Waals surface area contributed by atoms with Crippen LogP contribution in [0.25, 0.3) is 0 Å². The first-order chi connectivity index (χ1) is 10.1. The van der Waals surface area contributed by atoms with E-state index in [-0.39, 0.29) is 28.8 Å². The second kappa shape index (κ2) is 5.98. The van der Waals surface area contributed by atoms with Crippen molar-refractivity contribution in [2.45, 2.75) is 35.1 Å². The van der Waals surface area contributed by atoms with Crippen LogP contribution in [0.3, 0.4) is 0 Å². The molecule has 1 aromatic rings. The SMILES string of the molecule is CS(=O)(=O)c1ccccc1S(=O)(=O)N(CCC(=O)O)C1CC1. The summed E-state index contributed by atoms with van der Waals surface area (Å²) < 4.78 is 50.2. The molecule has 0 amide bonds. The molecular weight excluding hydrogens is 330 g/mol. The molecule has 9 heteroatoms. The first kappa shape index (κ1) is 16.9. The topological polar surface area (TPSA) is 109 Å². The molecule has 0 bridgehead atoms. The van der Waals surface area contributed by atoms with Crippen LogP contribution in [0.4, 0.5) is 0 Å². The number of nitrogens with zero attached hydrogens (tertiary/aromatic N) is 1. The molecule has 1 fully saturated rings. The monoisotopic (exact) mass is 347 g/mol. The van der Waals surface area contributed by atoms with Crippen molar-refractivity contribution in [3.8, 4) is 0 Å². The summed E-state index contributed by atoms with van der Waals surface area (Å²) in [6, 6.07) is 5.13. The van der Waals surface area contributed by atoms with E-state index in [4.69, 9.17) is 5.11 Å². The molecule has 0 radical (unpaired) electrons. The highest BCUT2D eigenvalue weighted by atomic mass is 32.2. The van der Waals surface area contributed by atoms with Gasteiger partial charge < -0.3 is 5.11 Å². The zero-order valence-electron chi connectivity index (χ0n) is 12.0. The molecule has 1 aromatic carbocycles. The minimum absolute atomic E-state index is 0.166. The van der Waals surface area contributed by atoms with Crippen molar-refractivity contribution in [1.82, 2.24) is 4.31 Å². The van der Waals surface area contributed by atoms with Crippen LogP contribution < -0.4 is 0 Å². The van der Waals surface area contributed by atoms with E-state index in [0.717, 1.165) is 10.6 Å². The predicted molar refractivity (Wildman–Crippen MR) is 78.7 cm³/mol. The molecule has 0 saturated heterocycles. The smallest absolute Gasteiger partial charge is 0.304 e. The van der Waals surface area contributed by atoms with E-state index in [1.54, 1.807) is 0 Å². The lowest BCUT2D eigenvalue weighted by Gasteiger charge is -2.22. The van der Waals surface area contributed by atoms with Gasteiger partial charge in [-0.25, -0.2) is 16.8 Å². The van der Waals surface area contributed by atoms with Gasteiger partial charge in [-0.2, -0.15) is 4.31 Å². The molecule has 122 valence electrons. The first-order valence-corrected chi connectivity index (χ1v) is 10.00. The summed E-state index contributed by atoms with van der Waals surface area (Å²) >= 11 is 0. The highest BCUT2D eigenvalue weighted by molar-refractivity contribution is 7.93. The fraction of sp³-hybridized carbons (Fsp3) is 0.462. The molecule has 0 aromatic heterocycles. The van der Waals surface area contributed by atoms with Crippen LogP contribution in [0, 0.1) is 0 Å². The summed E-state index contributed by atoms with van der Waals surface area (Å²) in [5.74, 6) is -1.10. The van der Waals surface area contributed by atoms with Crippen LogP contribution in [0.2, 0.25) is 0 Å². The summed E-state index contributed by atoms with van der Waals surface area (Å²) in [6.07, 6.45) is 1.93. The number of hydrogen-bond acceptors (Lipinski definition) is 5. The number of carboxylic acid groups (broad SMARTS) is 1. The van der Waals surface area contributed by atoms with Gasteiger partial charge in [0.05, 0.1) is 11.3 Å². The Morgan fingerprint density at radius 2 is 1.73 bits per heavy atom. The van der Waals surface area contributed by atoms with Gasteiger partial charge in [-0.1, -0.05) is 12.1 Å². The van der Waals surface area contributed by atoms with Crippen molar-refractivity contribution in [3.05, 3.63) is 24.3 Å². The predicted octanol–water partition coefficient (Wildman–Crippen LogP) is 0.718. The Morgan fingerprint density at radius 1 is 1.18 bits per heavy atom. The highest BCUT2D eigenvalue weighted by Gasteiger charge is 2.39. The van der Waals surface area contributed by atoms with E-state index in [1.807, 2.05) is 0 Å². The molecule has 1 aliphatic carbocycles. The lowest BCUT2D eigenvalue weighted by molar-refractivity contribution is -0.137. The Balaban J connectivity index is 2.47. The maximum absolute atomic E-state index is 12.8. The number of carbonyl (C=O) groups is 1. The van der Waals surface area contributed by atoms with E-state index < -0.39 is 25.8 Å². The van der Waals surface area contributed by atoms with Gasteiger partial charge in [-0.3, -0.25) is 4.79 Å². The Kier molecular flexibility index (Phi) is 4.59. The highest BCUT2D eigenvalue weighted by Crippen LogP contribution is 2.34. The number of carboxylic acids is 1. The zero-order valence-corrected chi connectivity index (χ0v) is 13.6. The van der Waals surface area contributed by atoms with Crippen molar-refractivity contribution in [2.24, 2.45) is 0 Å². The number of sulfone groups is 1. The lowest BCUT2D eigenvalue weighted by Crippen LogP contribution is -2.35. The summed E-state index contributed by atoms with van der Waals surface area (Å²) in [6.45, 7) is -0.166. The van der Waals surface area contributed by atoms with Gasteiger partial charge in [0.25, 0.3) is 0 Å². The van der Waals surface area contributed by atoms with Crippen molar-refractivity contribution in [1.29, 1.82) is 0 Å². The third-order valence-electron chi connectivity index (χ3n) is 3.34. The third-order valence-corrected chi connectivity index (χ3v) is 6.63. The van der Waals surface area contributed by atoms with E-state index in [9.17, 15) is 21.6 Å². The average molecular weight is 347 g/mol. The number of aliphatic carboxylic acids is 1. The van der Waals surface area contributed by atoms with Crippen molar-refractivity contribution in [2.75, 3.05) is 12.8 Å². The number of rotatable bonds is 7. The van der Waals surface area contributed by atoms with Gasteiger partial charge >= 0.3 is 5.97 Å². The molecule has 22 heavy (non-hydrogen) atoms. The molecule has 2 rings (SSSR count). The van der Waals surface area contributed by atoms with Gasteiger partial charge in [-0.15, -0.1) is 0 Å². The van der Waals surface area contributed by atoms with Crippen LogP contribution >= 0.6 is 0 Å². The van der Waals surface area contributed by atoms with Gasteiger partial charge in [0, 0.05) is 18.8 Å². The van der Waals surface area contributed by atoms with Crippen LogP contribution in [0.5, 0.6) is 0 Å². The fourth-order valence-electron chi connectivity index (χ4n) is 2.16.